The number of aliphatic hydroxyl groups excluding tert-OH is 1. The largest absolute Gasteiger partial charge is 0.481 e. The normalized spacial score (nSPS) is 14.7. The summed E-state index contributed by atoms with van der Waals surface area (Å²) in [5.41, 5.74) is 39.9. The molecule has 17 atom stereocenters. The van der Waals surface area contributed by atoms with Crippen molar-refractivity contribution in [2.24, 2.45) is 46.1 Å². The lowest BCUT2D eigenvalue weighted by Gasteiger charge is -2.27. The van der Waals surface area contributed by atoms with Gasteiger partial charge in [0.05, 0.1) is 44.4 Å². The Hall–Kier alpha value is -13.3. The maximum absolute atomic E-state index is 14.3. The molecule has 0 bridgehead atoms. The molecule has 0 fully saturated rings. The first kappa shape index (κ1) is 120. The summed E-state index contributed by atoms with van der Waals surface area (Å²) >= 11 is 12.6. The lowest BCUT2D eigenvalue weighted by atomic mass is 10.0. The van der Waals surface area contributed by atoms with Gasteiger partial charge in [-0.05, 0) is 116 Å². The summed E-state index contributed by atoms with van der Waals surface area (Å²) < 4.78 is 0. The van der Waals surface area contributed by atoms with Crippen LogP contribution in [0.15, 0.2) is 42.9 Å². The summed E-state index contributed by atoms with van der Waals surface area (Å²) in [6, 6.07) is -17.2. The lowest BCUT2D eigenvalue weighted by Crippen LogP contribution is -2.61. The molecule has 764 valence electrons. The molecule has 0 radical (unpaired) electrons. The summed E-state index contributed by atoms with van der Waals surface area (Å²) in [7, 11) is 0. The van der Waals surface area contributed by atoms with E-state index < -0.39 is 296 Å². The third-order valence-electron chi connectivity index (χ3n) is 20.2. The number of nitrogens with zero attached hydrogens (tertiary/aromatic N) is 1. The maximum Gasteiger partial charge on any atom is 0.325 e. The Labute approximate surface area is 804 Å². The smallest absolute Gasteiger partial charge is 0.325 e. The highest BCUT2D eigenvalue weighted by atomic mass is 32.1. The number of carbonyl (C=O) groups is 21. The summed E-state index contributed by atoms with van der Waals surface area (Å²) in [6.07, 6.45) is -2.46. The molecule has 19 amide bonds. The van der Waals surface area contributed by atoms with Gasteiger partial charge in [-0.3, -0.25) is 112 Å². The van der Waals surface area contributed by atoms with E-state index in [-0.39, 0.29) is 101 Å². The number of aliphatic hydroxyl groups is 1. The molecule has 0 aliphatic rings. The van der Waals surface area contributed by atoms with Crippen molar-refractivity contribution in [3.05, 3.63) is 54.1 Å². The number of carboxylic acid groups (broad SMARTS) is 2. The van der Waals surface area contributed by atoms with E-state index in [4.69, 9.17) is 51.0 Å². The van der Waals surface area contributed by atoms with Crippen molar-refractivity contribution in [2.75, 3.05) is 56.5 Å². The minimum Gasteiger partial charge on any atom is -0.481 e. The van der Waals surface area contributed by atoms with Crippen LogP contribution in [0.3, 0.4) is 0 Å². The number of carbonyl (C=O) groups excluding carboxylic acids is 19. The molecule has 1 heterocycles. The second kappa shape index (κ2) is 63.9. The van der Waals surface area contributed by atoms with E-state index in [1.165, 1.54) is 12.5 Å². The van der Waals surface area contributed by atoms with Crippen molar-refractivity contribution in [1.29, 1.82) is 10.8 Å². The Bertz CT molecular complexity index is 4430. The predicted octanol–water partition coefficient (Wildman–Crippen LogP) is -12.6. The molecule has 2 rings (SSSR count). The minimum absolute atomic E-state index is 0.0412. The van der Waals surface area contributed by atoms with Crippen LogP contribution in [0.2, 0.25) is 0 Å². The monoisotopic (exact) mass is 1990 g/mol. The predicted molar refractivity (Wildman–Crippen MR) is 501 cm³/mol. The van der Waals surface area contributed by atoms with Crippen molar-refractivity contribution in [1.82, 2.24) is 111 Å². The van der Waals surface area contributed by atoms with E-state index in [2.05, 4.69) is 149 Å². The van der Waals surface area contributed by atoms with Crippen LogP contribution < -0.4 is 141 Å². The number of aromatic amines is 1. The highest BCUT2D eigenvalue weighted by Crippen LogP contribution is 2.14. The van der Waals surface area contributed by atoms with E-state index in [1.54, 1.807) is 44.2 Å². The molecule has 0 aliphatic heterocycles. The number of amides is 19. The number of thiol groups is 3. The van der Waals surface area contributed by atoms with E-state index in [0.29, 0.717) is 18.4 Å². The number of carboxylic acids is 2. The third kappa shape index (κ3) is 47.2. The molecule has 1 aromatic heterocycles. The van der Waals surface area contributed by atoms with E-state index >= 15 is 0 Å². The Balaban J connectivity index is 2.35. The average molecular weight is 1990 g/mol. The van der Waals surface area contributed by atoms with Crippen LogP contribution in [0.25, 0.3) is 0 Å². The molecule has 2 aromatic rings. The van der Waals surface area contributed by atoms with Gasteiger partial charge in [0.15, 0.2) is 11.9 Å². The molecular formula is C80H132N30O24S3. The zero-order valence-electron chi connectivity index (χ0n) is 76.4. The summed E-state index contributed by atoms with van der Waals surface area (Å²) in [4.78, 5) is 291. The van der Waals surface area contributed by atoms with Crippen LogP contribution >= 0.6 is 37.9 Å². The fraction of sp³-hybridized carbons (Fsp3) is 0.600. The summed E-state index contributed by atoms with van der Waals surface area (Å²) in [5.74, 6) is -25.8. The van der Waals surface area contributed by atoms with Crippen molar-refractivity contribution in [3.8, 4) is 0 Å². The van der Waals surface area contributed by atoms with Gasteiger partial charge in [-0.25, -0.2) is 4.98 Å². The molecule has 0 unspecified atom stereocenters. The Kier molecular flexibility index (Phi) is 55.9. The van der Waals surface area contributed by atoms with Crippen molar-refractivity contribution < 1.29 is 116 Å². The van der Waals surface area contributed by atoms with Gasteiger partial charge in [-0.2, -0.15) is 37.9 Å². The van der Waals surface area contributed by atoms with Gasteiger partial charge in [0.2, 0.25) is 112 Å². The number of benzene rings is 1. The van der Waals surface area contributed by atoms with Crippen molar-refractivity contribution in [2.45, 2.75) is 240 Å². The highest BCUT2D eigenvalue weighted by molar-refractivity contribution is 7.80. The molecule has 0 saturated carbocycles. The number of imidazole rings is 1. The second-order valence-corrected chi connectivity index (χ2v) is 33.0. The SMILES string of the molecule is CC(C)[C@H](N)C(=O)N[C@@H](CCCCN)C(=O)N[C@@H](CS)C(=O)N[C@@H](Cc1ccccc1)C(=O)N[C@@H](CC(N)=O)C(=O)N[C@@H](CS)C(=O)NCC(=O)N[C@@H](CCCCN)C(=O)N[C@@H](CCC(=O)O)C(=O)NCC(=O)N[C@@H](Cc1cnc[nH]1)C(=O)N[C@H](C(=O)N[C@@H](C)C(=O)N[C@@H](CCCNC(=N)N)C(=O)N[C@@H](CC(N)=O)C(=O)N[C@@H](CS)C(=O)N[C@@H](CCCNC(=N)N)C(=O)N[C@@H](C)C(=O)O)[C@@H](C)O. The number of nitrogens with two attached hydrogens (primary N) is 7. The van der Waals surface area contributed by atoms with Crippen LogP contribution in [0.4, 0.5) is 0 Å². The number of aliphatic carboxylic acids is 2. The number of primary amides is 2. The number of rotatable bonds is 67. The fourth-order valence-corrected chi connectivity index (χ4v) is 13.2. The molecule has 39 N–H and O–H groups in total. The first-order valence-corrected chi connectivity index (χ1v) is 45.4. The quantitative estimate of drug-likeness (QED) is 0.0127. The Morgan fingerprint density at radius 2 is 0.745 bits per heavy atom. The number of nitrogens with one attached hydrogen (secondary N) is 22. The topological polar surface area (TPSA) is 906 Å². The van der Waals surface area contributed by atoms with E-state index in [0.717, 1.165) is 20.8 Å². The molecule has 0 aliphatic carbocycles. The third-order valence-corrected chi connectivity index (χ3v) is 21.3. The van der Waals surface area contributed by atoms with Gasteiger partial charge >= 0.3 is 11.9 Å². The van der Waals surface area contributed by atoms with Crippen LogP contribution in [-0.4, -0.2) is 321 Å². The number of aromatic nitrogens is 2. The molecule has 0 saturated heterocycles. The Morgan fingerprint density at radius 3 is 1.15 bits per heavy atom. The van der Waals surface area contributed by atoms with Crippen molar-refractivity contribution >= 4 is 174 Å². The first-order chi connectivity index (χ1) is 64.6. The van der Waals surface area contributed by atoms with Crippen LogP contribution in [0.5, 0.6) is 0 Å². The van der Waals surface area contributed by atoms with Gasteiger partial charge in [0.25, 0.3) is 0 Å². The highest BCUT2D eigenvalue weighted by Gasteiger charge is 2.39. The number of unbranched alkanes of at least 4 members (excludes halogenated alkanes) is 2. The van der Waals surface area contributed by atoms with Gasteiger partial charge < -0.3 is 161 Å². The maximum atomic E-state index is 14.3. The molecule has 57 heteroatoms. The molecule has 1 aromatic carbocycles. The zero-order chi connectivity index (χ0) is 103. The van der Waals surface area contributed by atoms with Gasteiger partial charge in [-0.1, -0.05) is 44.2 Å². The van der Waals surface area contributed by atoms with E-state index in [1.807, 2.05) is 0 Å². The minimum atomic E-state index is -1.96. The second-order valence-electron chi connectivity index (χ2n) is 31.9. The zero-order valence-corrected chi connectivity index (χ0v) is 79.0. The average Bonchev–Trinajstić information content (AvgIpc) is 1.45. The molecule has 137 heavy (non-hydrogen) atoms. The van der Waals surface area contributed by atoms with Crippen LogP contribution in [-0.2, 0) is 114 Å². The number of H-pyrrole nitrogens is 1. The van der Waals surface area contributed by atoms with Gasteiger partial charge in [0, 0.05) is 61.5 Å². The number of hydrogen-bond donors (Lipinski definition) is 35. The fourth-order valence-electron chi connectivity index (χ4n) is 12.5. The lowest BCUT2D eigenvalue weighted by molar-refractivity contribution is -0.142. The number of hydrogen-bond acceptors (Lipinski definition) is 31. The number of guanidine groups is 2. The van der Waals surface area contributed by atoms with Gasteiger partial charge in [0.1, 0.15) is 90.6 Å². The first-order valence-electron chi connectivity index (χ1n) is 43.5. The van der Waals surface area contributed by atoms with Crippen LogP contribution in [0, 0.1) is 16.7 Å². The summed E-state index contributed by atoms with van der Waals surface area (Å²) in [5, 5.41) is 90.1. The van der Waals surface area contributed by atoms with Crippen LogP contribution in [0.1, 0.15) is 136 Å². The molecular weight excluding hydrogens is 1860 g/mol. The van der Waals surface area contributed by atoms with E-state index in [9.17, 15) is 116 Å². The standard InChI is InChI=1S/C80H132N30O24S3/c1-38(2)61(85)76(131)103-45(18-10-12-24-82)69(124)108-55(36-137)75(130)104-49(27-42-15-7-6-8-16-42)70(125)106-52(30-57(84)113)71(126)107-53(34-135)65(120)94-32-58(114)98-44(17-9-11-23-81)67(122)102-48(21-22-60(116)117)64(119)93-33-59(115)99-50(28-43-31-90-37-95-43)73(128)110-62(41(5)111)77(132)96-39(3)63(118)100-47(20-14-26-92-80(88)89)68(123)105-51(29-56(83)112)72(127)109-54(35-136)74(129)101-46(19-13-25-91-79(86)87)66(121)97-40(4)78(133)134/h6-8,15-16,31,37-41,44-55,61-62,111,135-137H,9-14,17-30,32-36,81-82,85H2,1-5H3,(H2,83,112)(H2,84,113)(H,90,95)(H,93,119)(H,94,120)(H,96,132)(H,97,121)(H,98,114)(H,99,115)(H,100,118)(H,101,129)(H,102,122)(H,103,131)(H,104,130)(H,105,123)(H,106,125)(H,107,126)(H,108,124)(H,109,127)(H,110,128)(H,116,117)(H,133,134)(H4,86,87,91)(H4,88,89,92)/t39-,40-,41+,44-,45-,46-,47-,48-,49-,50-,51-,52-,53-,54-,55-,61-,62-/m0/s1. The molecule has 0 spiro atoms. The Morgan fingerprint density at radius 1 is 0.394 bits per heavy atom. The van der Waals surface area contributed by atoms with Gasteiger partial charge in [-0.15, -0.1) is 0 Å². The van der Waals surface area contributed by atoms with Crippen molar-refractivity contribution in [3.63, 3.8) is 0 Å². The summed E-state index contributed by atoms with van der Waals surface area (Å²) in [6.45, 7) is 5.13. The molecule has 54 nitrogen and oxygen atoms in total.